The fourth-order valence-electron chi connectivity index (χ4n) is 0. The van der Waals surface area contributed by atoms with Crippen LogP contribution in [-0.2, 0) is 70.4 Å². The van der Waals surface area contributed by atoms with Crippen LogP contribution in [-0.4, -0.2) is 0 Å². The van der Waals surface area contributed by atoms with Crippen molar-refractivity contribution in [2.75, 3.05) is 0 Å². The van der Waals surface area contributed by atoms with Crippen LogP contribution >= 0.6 is 0 Å². The molecule has 5 heteroatoms. The SMILES string of the molecule is [Ag+].[O-2].[O-2].[V].[V]. The summed E-state index contributed by atoms with van der Waals surface area (Å²) in [5, 5.41) is 0. The molecule has 0 fully saturated rings. The van der Waals surface area contributed by atoms with Gasteiger partial charge in [0, 0.05) is 37.1 Å². The summed E-state index contributed by atoms with van der Waals surface area (Å²) in [5.74, 6) is 0. The van der Waals surface area contributed by atoms with E-state index < -0.39 is 0 Å². The zero-order valence-electron chi connectivity index (χ0n) is 2.01. The first-order valence-corrected chi connectivity index (χ1v) is 0. The molecule has 5 heavy (non-hydrogen) atoms. The first kappa shape index (κ1) is 69.4. The van der Waals surface area contributed by atoms with E-state index in [0.29, 0.717) is 0 Å². The molecule has 0 aromatic rings. The Bertz CT molecular complexity index is 7.61. The summed E-state index contributed by atoms with van der Waals surface area (Å²) in [6.07, 6.45) is 0. The summed E-state index contributed by atoms with van der Waals surface area (Å²) < 4.78 is 0. The van der Waals surface area contributed by atoms with Crippen molar-refractivity contribution in [3.05, 3.63) is 0 Å². The Morgan fingerprint density at radius 2 is 0.600 bits per heavy atom. The van der Waals surface area contributed by atoms with Crippen molar-refractivity contribution < 1.29 is 70.4 Å². The van der Waals surface area contributed by atoms with Crippen LogP contribution in [0.4, 0.5) is 0 Å². The Morgan fingerprint density at radius 1 is 0.600 bits per heavy atom. The van der Waals surface area contributed by atoms with Crippen LogP contribution in [0, 0.1) is 0 Å². The molecule has 0 unspecified atom stereocenters. The molecule has 0 aromatic heterocycles. The fraction of sp³-hybridized carbons (Fsp3) is 0. The summed E-state index contributed by atoms with van der Waals surface area (Å²) in [6, 6.07) is 0. The van der Waals surface area contributed by atoms with Gasteiger partial charge in [-0.2, -0.15) is 0 Å². The summed E-state index contributed by atoms with van der Waals surface area (Å²) in [5.41, 5.74) is 0. The maximum absolute atomic E-state index is 0. The third kappa shape index (κ3) is 25.5. The van der Waals surface area contributed by atoms with E-state index in [1.54, 1.807) is 0 Å². The van der Waals surface area contributed by atoms with Gasteiger partial charge < -0.3 is 11.0 Å². The van der Waals surface area contributed by atoms with Gasteiger partial charge in [-0.15, -0.1) is 0 Å². The molecule has 0 heterocycles. The minimum Gasteiger partial charge on any atom is -2.00 e. The maximum atomic E-state index is 0. The van der Waals surface area contributed by atoms with E-state index in [9.17, 15) is 0 Å². The molecule has 0 N–H and O–H groups in total. The van der Waals surface area contributed by atoms with Crippen LogP contribution < -0.4 is 0 Å². The van der Waals surface area contributed by atoms with Gasteiger partial charge >= 0.3 is 22.4 Å². The molecular formula is AgO2V2-3. The van der Waals surface area contributed by atoms with Crippen molar-refractivity contribution in [2.45, 2.75) is 0 Å². The smallest absolute Gasteiger partial charge is 1.00 e. The van der Waals surface area contributed by atoms with Gasteiger partial charge in [0.25, 0.3) is 0 Å². The van der Waals surface area contributed by atoms with Crippen LogP contribution in [0.5, 0.6) is 0 Å². The van der Waals surface area contributed by atoms with Crippen LogP contribution in [0.1, 0.15) is 0 Å². The number of hydrogen-bond acceptors (Lipinski definition) is 0. The molecule has 0 rings (SSSR count). The summed E-state index contributed by atoms with van der Waals surface area (Å²) >= 11 is 0. The number of hydrogen-bond donors (Lipinski definition) is 0. The first-order chi connectivity index (χ1) is 0. The molecule has 0 amide bonds. The molecule has 2 radical (unpaired) electrons. The van der Waals surface area contributed by atoms with Gasteiger partial charge in [-0.1, -0.05) is 0 Å². The second-order valence-corrected chi connectivity index (χ2v) is 0. The van der Waals surface area contributed by atoms with Gasteiger partial charge in [0.05, 0.1) is 0 Å². The minimum atomic E-state index is 0. The monoisotopic (exact) mass is 241 g/mol. The van der Waals surface area contributed by atoms with Crippen molar-refractivity contribution in [3.8, 4) is 0 Å². The normalized spacial score (nSPS) is 0. The topological polar surface area (TPSA) is 57.0 Å². The van der Waals surface area contributed by atoms with E-state index in [1.165, 1.54) is 0 Å². The Morgan fingerprint density at radius 3 is 0.600 bits per heavy atom. The van der Waals surface area contributed by atoms with Gasteiger partial charge in [-0.25, -0.2) is 0 Å². The van der Waals surface area contributed by atoms with Crippen LogP contribution in [0.25, 0.3) is 0 Å². The van der Waals surface area contributed by atoms with Gasteiger partial charge in [-0.3, -0.25) is 0 Å². The molecule has 0 aliphatic heterocycles. The molecule has 0 aromatic carbocycles. The molecule has 0 saturated heterocycles. The number of rotatable bonds is 0. The molecule has 0 atom stereocenters. The fourth-order valence-corrected chi connectivity index (χ4v) is 0. The third-order valence-electron chi connectivity index (χ3n) is 0. The van der Waals surface area contributed by atoms with Crippen molar-refractivity contribution in [1.29, 1.82) is 0 Å². The summed E-state index contributed by atoms with van der Waals surface area (Å²) in [6.45, 7) is 0. The van der Waals surface area contributed by atoms with Crippen molar-refractivity contribution in [2.24, 2.45) is 0 Å². The van der Waals surface area contributed by atoms with E-state index in [4.69, 9.17) is 0 Å². The standard InChI is InChI=1S/Ag.2O.2V/q+1;2*-2;;. The molecule has 0 aliphatic carbocycles. The van der Waals surface area contributed by atoms with Crippen molar-refractivity contribution >= 4 is 0 Å². The quantitative estimate of drug-likeness (QED) is 0.526. The zero-order chi connectivity index (χ0) is 0. The average molecular weight is 242 g/mol. The molecule has 2 nitrogen and oxygen atoms in total. The van der Waals surface area contributed by atoms with Crippen molar-refractivity contribution in [3.63, 3.8) is 0 Å². The second kappa shape index (κ2) is 40.6. The second-order valence-electron chi connectivity index (χ2n) is 0. The maximum Gasteiger partial charge on any atom is 1.00 e. The predicted molar refractivity (Wildman–Crippen MR) is 1.37 cm³/mol. The van der Waals surface area contributed by atoms with Gasteiger partial charge in [0.1, 0.15) is 0 Å². The Kier molecular flexibility index (Phi) is 564. The molecule has 0 aliphatic rings. The first-order valence-electron chi connectivity index (χ1n) is 0. The molecular weight excluding hydrogens is 242 g/mol. The van der Waals surface area contributed by atoms with Gasteiger partial charge in [-0.05, 0) is 0 Å². The Hall–Kier alpha value is 1.83. The molecule has 0 saturated carbocycles. The van der Waals surface area contributed by atoms with Crippen molar-refractivity contribution in [1.82, 2.24) is 0 Å². The van der Waals surface area contributed by atoms with Crippen LogP contribution in [0.2, 0.25) is 0 Å². The molecule has 0 spiro atoms. The van der Waals surface area contributed by atoms with E-state index in [-0.39, 0.29) is 70.4 Å². The Balaban J connectivity index is 0. The van der Waals surface area contributed by atoms with Gasteiger partial charge in [0.15, 0.2) is 0 Å². The minimum absolute atomic E-state index is 0. The predicted octanol–water partition coefficient (Wildman–Crippen LogP) is -0.245. The van der Waals surface area contributed by atoms with Crippen LogP contribution in [0.15, 0.2) is 0 Å². The summed E-state index contributed by atoms with van der Waals surface area (Å²) in [4.78, 5) is 0. The average Bonchev–Trinajstić information content (AvgIpc) is 0. The van der Waals surface area contributed by atoms with E-state index in [0.717, 1.165) is 0 Å². The molecule has 36 valence electrons. The van der Waals surface area contributed by atoms with Crippen LogP contribution in [0.3, 0.4) is 0 Å². The Labute approximate surface area is 70.0 Å². The van der Waals surface area contributed by atoms with E-state index in [1.807, 2.05) is 0 Å². The largest absolute Gasteiger partial charge is 2.00 e. The van der Waals surface area contributed by atoms with E-state index >= 15 is 0 Å². The zero-order valence-corrected chi connectivity index (χ0v) is 6.29. The van der Waals surface area contributed by atoms with E-state index in [2.05, 4.69) is 0 Å². The summed E-state index contributed by atoms with van der Waals surface area (Å²) in [7, 11) is 0. The molecule has 0 bridgehead atoms. The third-order valence-corrected chi connectivity index (χ3v) is 0. The van der Waals surface area contributed by atoms with Gasteiger partial charge in [0.2, 0.25) is 0 Å².